The molecule has 20 heavy (non-hydrogen) atoms. The van der Waals surface area contributed by atoms with Gasteiger partial charge < -0.3 is 0 Å². The molecule has 1 aromatic carbocycles. The van der Waals surface area contributed by atoms with Gasteiger partial charge in [-0.05, 0) is 36.2 Å². The van der Waals surface area contributed by atoms with E-state index in [2.05, 4.69) is 4.98 Å². The highest BCUT2D eigenvalue weighted by molar-refractivity contribution is 6.53. The third-order valence-electron chi connectivity index (χ3n) is 2.79. The average molecular weight is 291 g/mol. The minimum Gasteiger partial charge on any atom is -0.265 e. The maximum atomic E-state index is 13.8. The van der Waals surface area contributed by atoms with Crippen LogP contribution in [0.15, 0.2) is 36.7 Å². The minimum absolute atomic E-state index is 0.000992. The maximum Gasteiger partial charge on any atom is 0.134 e. The maximum absolute atomic E-state index is 13.8. The number of nitriles is 1. The van der Waals surface area contributed by atoms with E-state index >= 15 is 0 Å². The van der Waals surface area contributed by atoms with Crippen LogP contribution in [0.2, 0.25) is 0 Å². The molecule has 1 heterocycles. The molecule has 0 unspecified atom stereocenters. The Morgan fingerprint density at radius 3 is 2.45 bits per heavy atom. The van der Waals surface area contributed by atoms with Crippen molar-refractivity contribution in [3.05, 3.63) is 65.0 Å². The lowest BCUT2D eigenvalue weighted by atomic mass is 10.0. The van der Waals surface area contributed by atoms with E-state index in [1.165, 1.54) is 25.4 Å². The predicted molar refractivity (Wildman–Crippen MR) is 73.6 cm³/mol. The number of benzene rings is 1. The van der Waals surface area contributed by atoms with Crippen LogP contribution in [0.3, 0.4) is 0 Å². The fourth-order valence-electron chi connectivity index (χ4n) is 1.72. The Morgan fingerprint density at radius 1 is 1.20 bits per heavy atom. The van der Waals surface area contributed by atoms with E-state index in [0.717, 1.165) is 6.07 Å². The molecule has 0 N–H and O–H groups in total. The zero-order valence-corrected chi connectivity index (χ0v) is 11.2. The topological polar surface area (TPSA) is 36.7 Å². The van der Waals surface area contributed by atoms with Crippen LogP contribution >= 0.6 is 11.6 Å². The van der Waals surface area contributed by atoms with E-state index in [4.69, 9.17) is 11.6 Å². The first-order valence-electron chi connectivity index (χ1n) is 5.71. The first-order chi connectivity index (χ1) is 9.54. The van der Waals surface area contributed by atoms with Crippen molar-refractivity contribution in [1.82, 2.24) is 4.98 Å². The van der Waals surface area contributed by atoms with Gasteiger partial charge in [0.05, 0.1) is 10.6 Å². The second-order valence-electron chi connectivity index (χ2n) is 4.12. The molecule has 0 radical (unpaired) electrons. The molecule has 1 aromatic heterocycles. The van der Waals surface area contributed by atoms with Crippen molar-refractivity contribution < 1.29 is 8.78 Å². The van der Waals surface area contributed by atoms with Gasteiger partial charge in [0.25, 0.3) is 0 Å². The van der Waals surface area contributed by atoms with Gasteiger partial charge in [-0.2, -0.15) is 5.26 Å². The standard InChI is InChI=1S/C15H9ClF2N2/c1-9-6-11(14(18)7-13(9)17)15(16)12(8-19)10-2-4-20-5-3-10/h2-7H,1H3/b15-12+. The first-order valence-corrected chi connectivity index (χ1v) is 6.08. The van der Waals surface area contributed by atoms with Crippen molar-refractivity contribution in [2.24, 2.45) is 0 Å². The van der Waals surface area contributed by atoms with Crippen LogP contribution in [0.25, 0.3) is 10.6 Å². The summed E-state index contributed by atoms with van der Waals surface area (Å²) in [5.74, 6) is -1.46. The SMILES string of the molecule is Cc1cc(/C(Cl)=C(/C#N)c2ccncc2)c(F)cc1F. The Bertz CT molecular complexity index is 719. The van der Waals surface area contributed by atoms with E-state index in [1.54, 1.807) is 12.1 Å². The van der Waals surface area contributed by atoms with E-state index in [1.807, 2.05) is 6.07 Å². The number of hydrogen-bond acceptors (Lipinski definition) is 2. The number of nitrogens with zero attached hydrogens (tertiary/aromatic N) is 2. The Morgan fingerprint density at radius 2 is 1.85 bits per heavy atom. The van der Waals surface area contributed by atoms with E-state index in [9.17, 15) is 14.0 Å². The van der Waals surface area contributed by atoms with Crippen LogP contribution in [0, 0.1) is 29.9 Å². The van der Waals surface area contributed by atoms with Gasteiger partial charge in [0, 0.05) is 24.0 Å². The van der Waals surface area contributed by atoms with Crippen molar-refractivity contribution in [3.63, 3.8) is 0 Å². The molecule has 0 aliphatic carbocycles. The Balaban J connectivity index is 2.64. The van der Waals surface area contributed by atoms with Crippen molar-refractivity contribution in [2.45, 2.75) is 6.92 Å². The van der Waals surface area contributed by atoms with Crippen molar-refractivity contribution in [2.75, 3.05) is 0 Å². The van der Waals surface area contributed by atoms with Gasteiger partial charge >= 0.3 is 0 Å². The summed E-state index contributed by atoms with van der Waals surface area (Å²) in [4.78, 5) is 3.84. The number of aryl methyl sites for hydroxylation is 1. The Labute approximate surface area is 120 Å². The molecule has 2 nitrogen and oxygen atoms in total. The third-order valence-corrected chi connectivity index (χ3v) is 3.18. The summed E-state index contributed by atoms with van der Waals surface area (Å²) in [5.41, 5.74) is 0.887. The Hall–Kier alpha value is -2.25. The Kier molecular flexibility index (Phi) is 4.11. The van der Waals surface area contributed by atoms with E-state index in [-0.39, 0.29) is 21.7 Å². The molecule has 0 aliphatic heterocycles. The van der Waals surface area contributed by atoms with Crippen molar-refractivity contribution in [1.29, 1.82) is 5.26 Å². The summed E-state index contributed by atoms with van der Waals surface area (Å²) < 4.78 is 27.1. The molecule has 0 fully saturated rings. The zero-order chi connectivity index (χ0) is 14.7. The highest BCUT2D eigenvalue weighted by atomic mass is 35.5. The number of aromatic nitrogens is 1. The van der Waals surface area contributed by atoms with Gasteiger partial charge in [0.1, 0.15) is 17.7 Å². The highest BCUT2D eigenvalue weighted by Gasteiger charge is 2.15. The number of hydrogen-bond donors (Lipinski definition) is 0. The zero-order valence-electron chi connectivity index (χ0n) is 10.5. The molecular formula is C15H9ClF2N2. The van der Waals surface area contributed by atoms with Gasteiger partial charge in [0.15, 0.2) is 0 Å². The molecule has 0 amide bonds. The molecule has 2 rings (SSSR count). The monoisotopic (exact) mass is 290 g/mol. The number of rotatable bonds is 2. The molecule has 0 saturated carbocycles. The summed E-state index contributed by atoms with van der Waals surface area (Å²) in [7, 11) is 0. The average Bonchev–Trinajstić information content (AvgIpc) is 2.44. The van der Waals surface area contributed by atoms with Gasteiger partial charge in [-0.25, -0.2) is 8.78 Å². The highest BCUT2D eigenvalue weighted by Crippen LogP contribution is 2.31. The molecule has 0 saturated heterocycles. The van der Waals surface area contributed by atoms with Crippen LogP contribution in [-0.2, 0) is 0 Å². The molecular weight excluding hydrogens is 282 g/mol. The summed E-state index contributed by atoms with van der Waals surface area (Å²) in [6, 6.07) is 7.16. The quantitative estimate of drug-likeness (QED) is 0.773. The largest absolute Gasteiger partial charge is 0.265 e. The van der Waals surface area contributed by atoms with Crippen LogP contribution in [0.4, 0.5) is 8.78 Å². The molecule has 0 bridgehead atoms. The lowest BCUT2D eigenvalue weighted by Gasteiger charge is -2.07. The molecule has 0 aliphatic rings. The molecule has 5 heteroatoms. The van der Waals surface area contributed by atoms with Crippen molar-refractivity contribution >= 4 is 22.2 Å². The van der Waals surface area contributed by atoms with Gasteiger partial charge in [0.2, 0.25) is 0 Å². The summed E-state index contributed by atoms with van der Waals surface area (Å²) in [6.45, 7) is 1.50. The summed E-state index contributed by atoms with van der Waals surface area (Å²) >= 11 is 6.11. The number of pyridine rings is 1. The van der Waals surface area contributed by atoms with Crippen molar-refractivity contribution in [3.8, 4) is 6.07 Å². The predicted octanol–water partition coefficient (Wildman–Crippen LogP) is 4.30. The number of allylic oxidation sites excluding steroid dienone is 1. The lowest BCUT2D eigenvalue weighted by molar-refractivity contribution is 0.575. The molecule has 0 atom stereocenters. The first kappa shape index (κ1) is 14.2. The van der Waals surface area contributed by atoms with Crippen LogP contribution in [-0.4, -0.2) is 4.98 Å². The molecule has 100 valence electrons. The van der Waals surface area contributed by atoms with Gasteiger partial charge in [-0.15, -0.1) is 0 Å². The smallest absolute Gasteiger partial charge is 0.134 e. The third kappa shape index (κ3) is 2.68. The number of halogens is 3. The second-order valence-corrected chi connectivity index (χ2v) is 4.50. The minimum atomic E-state index is -0.806. The second kappa shape index (κ2) is 5.81. The van der Waals surface area contributed by atoms with Crippen LogP contribution in [0.1, 0.15) is 16.7 Å². The fraction of sp³-hybridized carbons (Fsp3) is 0.0667. The fourth-order valence-corrected chi connectivity index (χ4v) is 2.02. The molecule has 2 aromatic rings. The van der Waals surface area contributed by atoms with E-state index in [0.29, 0.717) is 5.56 Å². The summed E-state index contributed by atoms with van der Waals surface area (Å²) in [5, 5.41) is 9.16. The van der Waals surface area contributed by atoms with Crippen LogP contribution in [0.5, 0.6) is 0 Å². The van der Waals surface area contributed by atoms with Gasteiger partial charge in [-0.3, -0.25) is 4.98 Å². The van der Waals surface area contributed by atoms with Gasteiger partial charge in [-0.1, -0.05) is 11.6 Å². The molecule has 0 spiro atoms. The van der Waals surface area contributed by atoms with Crippen LogP contribution < -0.4 is 0 Å². The lowest BCUT2D eigenvalue weighted by Crippen LogP contribution is -1.94. The summed E-state index contributed by atoms with van der Waals surface area (Å²) in [6.07, 6.45) is 3.01. The normalized spacial score (nSPS) is 11.8. The van der Waals surface area contributed by atoms with E-state index < -0.39 is 11.6 Å².